The zero-order valence-corrected chi connectivity index (χ0v) is 13.5. The van der Waals surface area contributed by atoms with E-state index in [2.05, 4.69) is 5.32 Å². The van der Waals surface area contributed by atoms with Crippen LogP contribution in [0.2, 0.25) is 0 Å². The molecule has 1 aliphatic carbocycles. The maximum Gasteiger partial charge on any atom is 0.275 e. The molecule has 0 atom stereocenters. The maximum absolute atomic E-state index is 11.8. The van der Waals surface area contributed by atoms with E-state index in [1.54, 1.807) is 6.07 Å². The van der Waals surface area contributed by atoms with Gasteiger partial charge in [0.1, 0.15) is 5.76 Å². The van der Waals surface area contributed by atoms with E-state index in [1.165, 1.54) is 33.0 Å². The van der Waals surface area contributed by atoms with E-state index in [1.807, 2.05) is 0 Å². The van der Waals surface area contributed by atoms with Crippen molar-refractivity contribution in [1.29, 1.82) is 0 Å². The molecule has 7 heteroatoms. The summed E-state index contributed by atoms with van der Waals surface area (Å²) >= 11 is 0. The van der Waals surface area contributed by atoms with Crippen LogP contribution in [0.4, 0.5) is 0 Å². The molecular formula is C14H24N2O4S. The van der Waals surface area contributed by atoms with Crippen molar-refractivity contribution in [2.45, 2.75) is 30.9 Å². The Bertz CT molecular complexity index is 535. The number of hydrogen-bond acceptors (Lipinski definition) is 5. The third kappa shape index (κ3) is 5.10. The average molecular weight is 316 g/mol. The van der Waals surface area contributed by atoms with Crippen molar-refractivity contribution in [3.8, 4) is 0 Å². The molecule has 0 radical (unpaired) electrons. The molecule has 1 aromatic rings. The van der Waals surface area contributed by atoms with Crippen LogP contribution in [0.15, 0.2) is 21.6 Å². The van der Waals surface area contributed by atoms with Crippen molar-refractivity contribution in [2.24, 2.45) is 5.92 Å². The molecule has 0 spiro atoms. The van der Waals surface area contributed by atoms with E-state index in [-0.39, 0.29) is 5.09 Å². The van der Waals surface area contributed by atoms with Crippen LogP contribution < -0.4 is 5.32 Å². The third-order valence-corrected chi connectivity index (χ3v) is 5.05. The van der Waals surface area contributed by atoms with Gasteiger partial charge in [-0.25, -0.2) is 12.7 Å². The van der Waals surface area contributed by atoms with Gasteiger partial charge in [-0.1, -0.05) is 0 Å². The standard InChI is InChI=1S/C14H24N2O4S/c1-16(2)21(17,18)14-7-6-13(20-14)10-15-8-3-9-19-11-12-4-5-12/h6-7,12,15H,3-5,8-11H2,1-2H3. The summed E-state index contributed by atoms with van der Waals surface area (Å²) in [6.07, 6.45) is 3.57. The number of hydrogen-bond donors (Lipinski definition) is 1. The van der Waals surface area contributed by atoms with Gasteiger partial charge < -0.3 is 14.5 Å². The first-order valence-corrected chi connectivity index (χ1v) is 8.74. The molecule has 0 amide bonds. The van der Waals surface area contributed by atoms with Gasteiger partial charge in [0.05, 0.1) is 6.54 Å². The fourth-order valence-electron chi connectivity index (χ4n) is 1.82. The highest BCUT2D eigenvalue weighted by Gasteiger charge is 2.21. The lowest BCUT2D eigenvalue weighted by Gasteiger charge is -2.08. The molecule has 2 rings (SSSR count). The first-order valence-electron chi connectivity index (χ1n) is 7.30. The number of rotatable bonds is 10. The minimum Gasteiger partial charge on any atom is -0.447 e. The van der Waals surface area contributed by atoms with Gasteiger partial charge in [0.15, 0.2) is 0 Å². The van der Waals surface area contributed by atoms with Gasteiger partial charge in [-0.15, -0.1) is 0 Å². The van der Waals surface area contributed by atoms with E-state index in [0.717, 1.165) is 36.4 Å². The van der Waals surface area contributed by atoms with Crippen molar-refractivity contribution in [2.75, 3.05) is 33.9 Å². The molecule has 1 fully saturated rings. The number of nitrogens with zero attached hydrogens (tertiary/aromatic N) is 1. The van der Waals surface area contributed by atoms with Gasteiger partial charge in [0, 0.05) is 27.3 Å². The molecule has 6 nitrogen and oxygen atoms in total. The molecule has 1 aromatic heterocycles. The smallest absolute Gasteiger partial charge is 0.275 e. The Balaban J connectivity index is 1.63. The highest BCUT2D eigenvalue weighted by atomic mass is 32.2. The van der Waals surface area contributed by atoms with Crippen LogP contribution in [0.5, 0.6) is 0 Å². The van der Waals surface area contributed by atoms with Crippen LogP contribution in [-0.2, 0) is 21.3 Å². The summed E-state index contributed by atoms with van der Waals surface area (Å²) in [5.74, 6) is 1.42. The molecule has 1 aliphatic rings. The zero-order chi connectivity index (χ0) is 15.3. The van der Waals surface area contributed by atoms with Gasteiger partial charge in [0.25, 0.3) is 10.0 Å². The predicted molar refractivity (Wildman–Crippen MR) is 79.4 cm³/mol. The van der Waals surface area contributed by atoms with Crippen LogP contribution in [0.3, 0.4) is 0 Å². The van der Waals surface area contributed by atoms with E-state index in [0.29, 0.717) is 12.3 Å². The molecule has 0 aromatic carbocycles. The van der Waals surface area contributed by atoms with Gasteiger partial charge in [0.2, 0.25) is 5.09 Å². The van der Waals surface area contributed by atoms with E-state index < -0.39 is 10.0 Å². The van der Waals surface area contributed by atoms with Gasteiger partial charge in [-0.05, 0) is 43.9 Å². The molecule has 0 bridgehead atoms. The highest BCUT2D eigenvalue weighted by molar-refractivity contribution is 7.88. The lowest BCUT2D eigenvalue weighted by molar-refractivity contribution is 0.122. The summed E-state index contributed by atoms with van der Waals surface area (Å²) in [5.41, 5.74) is 0. The Morgan fingerprint density at radius 2 is 2.14 bits per heavy atom. The molecule has 0 unspecified atom stereocenters. The molecular weight excluding hydrogens is 292 g/mol. The van der Waals surface area contributed by atoms with E-state index >= 15 is 0 Å². The number of nitrogens with one attached hydrogen (secondary N) is 1. The third-order valence-electron chi connectivity index (χ3n) is 3.36. The van der Waals surface area contributed by atoms with Gasteiger partial charge in [-0.3, -0.25) is 0 Å². The molecule has 1 heterocycles. The lowest BCUT2D eigenvalue weighted by atomic mass is 10.4. The minimum absolute atomic E-state index is 0.0166. The summed E-state index contributed by atoms with van der Waals surface area (Å²) in [6, 6.07) is 3.18. The lowest BCUT2D eigenvalue weighted by Crippen LogP contribution is -2.21. The zero-order valence-electron chi connectivity index (χ0n) is 12.7. The van der Waals surface area contributed by atoms with Crippen LogP contribution in [-0.4, -0.2) is 46.6 Å². The second-order valence-corrected chi connectivity index (χ2v) is 7.64. The summed E-state index contributed by atoms with van der Waals surface area (Å²) < 4.78 is 35.7. The summed E-state index contributed by atoms with van der Waals surface area (Å²) in [7, 11) is -0.515. The molecule has 1 N–H and O–H groups in total. The quantitative estimate of drug-likeness (QED) is 0.661. The minimum atomic E-state index is -3.48. The van der Waals surface area contributed by atoms with Crippen molar-refractivity contribution in [1.82, 2.24) is 9.62 Å². The van der Waals surface area contributed by atoms with E-state index in [4.69, 9.17) is 9.15 Å². The normalized spacial score (nSPS) is 15.8. The highest BCUT2D eigenvalue weighted by Crippen LogP contribution is 2.28. The predicted octanol–water partition coefficient (Wildman–Crippen LogP) is 1.44. The van der Waals surface area contributed by atoms with Crippen LogP contribution in [0.25, 0.3) is 0 Å². The van der Waals surface area contributed by atoms with Crippen molar-refractivity contribution >= 4 is 10.0 Å². The molecule has 0 saturated heterocycles. The topological polar surface area (TPSA) is 71.8 Å². The number of ether oxygens (including phenoxy) is 1. The van der Waals surface area contributed by atoms with Gasteiger partial charge >= 0.3 is 0 Å². The second kappa shape index (κ2) is 7.40. The maximum atomic E-state index is 11.8. The summed E-state index contributed by atoms with van der Waals surface area (Å²) in [4.78, 5) is 0. The van der Waals surface area contributed by atoms with Crippen molar-refractivity contribution in [3.63, 3.8) is 0 Å². The first kappa shape index (κ1) is 16.5. The first-order chi connectivity index (χ1) is 10.00. The molecule has 0 aliphatic heterocycles. The monoisotopic (exact) mass is 316 g/mol. The molecule has 1 saturated carbocycles. The van der Waals surface area contributed by atoms with Gasteiger partial charge in [-0.2, -0.15) is 0 Å². The summed E-state index contributed by atoms with van der Waals surface area (Å²) in [6.45, 7) is 3.00. The Labute approximate surface area is 126 Å². The summed E-state index contributed by atoms with van der Waals surface area (Å²) in [5, 5.41) is 3.20. The number of sulfonamides is 1. The largest absolute Gasteiger partial charge is 0.447 e. The second-order valence-electron chi connectivity index (χ2n) is 5.56. The fourth-order valence-corrected chi connectivity index (χ4v) is 2.63. The molecule has 120 valence electrons. The average Bonchev–Trinajstić information content (AvgIpc) is 3.13. The fraction of sp³-hybridized carbons (Fsp3) is 0.714. The SMILES string of the molecule is CN(C)S(=O)(=O)c1ccc(CNCCCOCC2CC2)o1. The van der Waals surface area contributed by atoms with E-state index in [9.17, 15) is 8.42 Å². The van der Waals surface area contributed by atoms with Crippen molar-refractivity contribution < 1.29 is 17.6 Å². The van der Waals surface area contributed by atoms with Crippen molar-refractivity contribution in [3.05, 3.63) is 17.9 Å². The Kier molecular flexibility index (Phi) is 5.80. The Morgan fingerprint density at radius 3 is 2.81 bits per heavy atom. The van der Waals surface area contributed by atoms with Crippen LogP contribution in [0, 0.1) is 5.92 Å². The Morgan fingerprint density at radius 1 is 1.38 bits per heavy atom. The molecule has 21 heavy (non-hydrogen) atoms. The number of furan rings is 1. The van der Waals surface area contributed by atoms with Crippen LogP contribution >= 0.6 is 0 Å². The van der Waals surface area contributed by atoms with Crippen LogP contribution in [0.1, 0.15) is 25.0 Å². The Hall–Kier alpha value is -0.890.